The van der Waals surface area contributed by atoms with E-state index in [1.807, 2.05) is 19.1 Å². The van der Waals surface area contributed by atoms with Gasteiger partial charge in [-0.1, -0.05) is 29.9 Å². The number of rotatable bonds is 6. The van der Waals surface area contributed by atoms with E-state index in [2.05, 4.69) is 0 Å². The number of benzene rings is 1. The summed E-state index contributed by atoms with van der Waals surface area (Å²) in [4.78, 5) is 0.240. The second kappa shape index (κ2) is 6.79. The molecule has 17 heavy (non-hydrogen) atoms. The highest BCUT2D eigenvalue weighted by Crippen LogP contribution is 2.27. The van der Waals surface area contributed by atoms with Crippen molar-refractivity contribution >= 4 is 28.8 Å². The summed E-state index contributed by atoms with van der Waals surface area (Å²) >= 11 is 11.0. The highest BCUT2D eigenvalue weighted by atomic mass is 35.5. The van der Waals surface area contributed by atoms with E-state index in [-0.39, 0.29) is 11.1 Å². The first-order chi connectivity index (χ1) is 8.06. The lowest BCUT2D eigenvalue weighted by atomic mass is 10.2. The summed E-state index contributed by atoms with van der Waals surface area (Å²) in [5.74, 6) is 0.619. The van der Waals surface area contributed by atoms with Crippen molar-refractivity contribution in [2.75, 3.05) is 13.7 Å². The normalized spacial score (nSPS) is 12.2. The van der Waals surface area contributed by atoms with Crippen LogP contribution in [0.15, 0.2) is 18.2 Å². The standard InChI is InChI=1S/C12H16ClNO2S/c1-8(6-7-15-2)16-10-5-3-4-9(13)11(10)12(14)17/h3-5,8H,6-7H2,1-2H3,(H2,14,17). The van der Waals surface area contributed by atoms with Gasteiger partial charge in [0.05, 0.1) is 16.7 Å². The van der Waals surface area contributed by atoms with Gasteiger partial charge in [0.15, 0.2) is 0 Å². The van der Waals surface area contributed by atoms with Gasteiger partial charge in [-0.15, -0.1) is 0 Å². The average molecular weight is 274 g/mol. The fourth-order valence-electron chi connectivity index (χ4n) is 1.40. The molecule has 5 heteroatoms. The van der Waals surface area contributed by atoms with Gasteiger partial charge in [-0.3, -0.25) is 0 Å². The number of methoxy groups -OCH3 is 1. The number of halogens is 1. The molecule has 94 valence electrons. The third-order valence-corrected chi connectivity index (χ3v) is 2.80. The van der Waals surface area contributed by atoms with Crippen LogP contribution in [0.1, 0.15) is 18.9 Å². The highest BCUT2D eigenvalue weighted by molar-refractivity contribution is 7.80. The Labute approximate surface area is 112 Å². The van der Waals surface area contributed by atoms with Crippen molar-refractivity contribution in [2.45, 2.75) is 19.4 Å². The molecule has 0 aliphatic heterocycles. The molecule has 1 unspecified atom stereocenters. The van der Waals surface area contributed by atoms with Crippen molar-refractivity contribution in [1.29, 1.82) is 0 Å². The maximum Gasteiger partial charge on any atom is 0.131 e. The third-order valence-electron chi connectivity index (χ3n) is 2.28. The van der Waals surface area contributed by atoms with E-state index in [1.165, 1.54) is 0 Å². The number of ether oxygens (including phenoxy) is 2. The van der Waals surface area contributed by atoms with Crippen molar-refractivity contribution in [3.63, 3.8) is 0 Å². The molecular formula is C12H16ClNO2S. The monoisotopic (exact) mass is 273 g/mol. The molecule has 0 bridgehead atoms. The Morgan fingerprint density at radius 1 is 1.53 bits per heavy atom. The van der Waals surface area contributed by atoms with E-state index in [1.54, 1.807) is 13.2 Å². The van der Waals surface area contributed by atoms with Crippen LogP contribution in [0, 0.1) is 0 Å². The number of hydrogen-bond donors (Lipinski definition) is 1. The second-order valence-corrected chi connectivity index (χ2v) is 4.53. The van der Waals surface area contributed by atoms with Crippen LogP contribution >= 0.6 is 23.8 Å². The van der Waals surface area contributed by atoms with E-state index in [0.717, 1.165) is 6.42 Å². The molecule has 0 aromatic heterocycles. The van der Waals surface area contributed by atoms with E-state index < -0.39 is 0 Å². The molecule has 0 aliphatic rings. The lowest BCUT2D eigenvalue weighted by molar-refractivity contribution is 0.135. The summed E-state index contributed by atoms with van der Waals surface area (Å²) in [6, 6.07) is 5.36. The maximum atomic E-state index is 6.04. The molecule has 0 heterocycles. The van der Waals surface area contributed by atoms with E-state index in [0.29, 0.717) is 22.9 Å². The van der Waals surface area contributed by atoms with Crippen molar-refractivity contribution in [3.8, 4) is 5.75 Å². The van der Waals surface area contributed by atoms with Gasteiger partial charge >= 0.3 is 0 Å². The highest BCUT2D eigenvalue weighted by Gasteiger charge is 2.13. The molecule has 1 aromatic carbocycles. The minimum Gasteiger partial charge on any atom is -0.490 e. The topological polar surface area (TPSA) is 44.5 Å². The molecule has 0 radical (unpaired) electrons. The second-order valence-electron chi connectivity index (χ2n) is 3.69. The van der Waals surface area contributed by atoms with Crippen molar-refractivity contribution in [2.24, 2.45) is 5.73 Å². The molecule has 2 N–H and O–H groups in total. The average Bonchev–Trinajstić information content (AvgIpc) is 2.25. The van der Waals surface area contributed by atoms with Crippen LogP contribution in [0.25, 0.3) is 0 Å². The quantitative estimate of drug-likeness (QED) is 0.810. The van der Waals surface area contributed by atoms with E-state index in [9.17, 15) is 0 Å². The maximum absolute atomic E-state index is 6.04. The molecule has 0 saturated heterocycles. The number of hydrogen-bond acceptors (Lipinski definition) is 3. The van der Waals surface area contributed by atoms with Gasteiger partial charge in [0.25, 0.3) is 0 Å². The third kappa shape index (κ3) is 4.15. The van der Waals surface area contributed by atoms with Crippen LogP contribution in [0.3, 0.4) is 0 Å². The zero-order valence-corrected chi connectivity index (χ0v) is 11.5. The predicted octanol–water partition coefficient (Wildman–Crippen LogP) is 2.78. The van der Waals surface area contributed by atoms with Gasteiger partial charge in [-0.2, -0.15) is 0 Å². The number of thiocarbonyl (C=S) groups is 1. The fourth-order valence-corrected chi connectivity index (χ4v) is 1.94. The molecular weight excluding hydrogens is 258 g/mol. The van der Waals surface area contributed by atoms with Crippen molar-refractivity contribution < 1.29 is 9.47 Å². The lowest BCUT2D eigenvalue weighted by Gasteiger charge is -2.17. The summed E-state index contributed by atoms with van der Waals surface area (Å²) in [6.07, 6.45) is 0.807. The van der Waals surface area contributed by atoms with Gasteiger partial charge in [-0.05, 0) is 19.1 Å². The first kappa shape index (κ1) is 14.2. The van der Waals surface area contributed by atoms with Gasteiger partial charge < -0.3 is 15.2 Å². The SMILES string of the molecule is COCCC(C)Oc1cccc(Cl)c1C(N)=S. The van der Waals surface area contributed by atoms with Crippen LogP contribution < -0.4 is 10.5 Å². The molecule has 1 atom stereocenters. The Kier molecular flexibility index (Phi) is 5.68. The Balaban J connectivity index is 2.83. The Hall–Kier alpha value is -0.840. The van der Waals surface area contributed by atoms with Crippen LogP contribution in [0.4, 0.5) is 0 Å². The summed E-state index contributed by atoms with van der Waals surface area (Å²) in [5.41, 5.74) is 6.22. The zero-order valence-electron chi connectivity index (χ0n) is 9.90. The smallest absolute Gasteiger partial charge is 0.131 e. The Bertz CT molecular complexity index is 398. The molecule has 3 nitrogen and oxygen atoms in total. The van der Waals surface area contributed by atoms with Gasteiger partial charge in [0.1, 0.15) is 10.7 Å². The minimum atomic E-state index is 0.0153. The molecule has 0 aliphatic carbocycles. The molecule has 1 aromatic rings. The van der Waals surface area contributed by atoms with Crippen LogP contribution in [-0.4, -0.2) is 24.8 Å². The lowest BCUT2D eigenvalue weighted by Crippen LogP contribution is -2.18. The summed E-state index contributed by atoms with van der Waals surface area (Å²) < 4.78 is 10.8. The zero-order chi connectivity index (χ0) is 12.8. The molecule has 0 amide bonds. The molecule has 1 rings (SSSR count). The molecule has 0 spiro atoms. The minimum absolute atomic E-state index is 0.0153. The van der Waals surface area contributed by atoms with E-state index >= 15 is 0 Å². The van der Waals surface area contributed by atoms with Crippen LogP contribution in [0.5, 0.6) is 5.75 Å². The van der Waals surface area contributed by atoms with Crippen LogP contribution in [0.2, 0.25) is 5.02 Å². The van der Waals surface area contributed by atoms with E-state index in [4.69, 9.17) is 39.0 Å². The predicted molar refractivity (Wildman–Crippen MR) is 73.9 cm³/mol. The van der Waals surface area contributed by atoms with Gasteiger partial charge in [-0.25, -0.2) is 0 Å². The van der Waals surface area contributed by atoms with Gasteiger partial charge in [0, 0.05) is 20.1 Å². The summed E-state index contributed by atoms with van der Waals surface area (Å²) in [7, 11) is 1.66. The van der Waals surface area contributed by atoms with Gasteiger partial charge in [0.2, 0.25) is 0 Å². The summed E-state index contributed by atoms with van der Waals surface area (Å²) in [6.45, 7) is 2.60. The Morgan fingerprint density at radius 2 is 2.24 bits per heavy atom. The largest absolute Gasteiger partial charge is 0.490 e. The van der Waals surface area contributed by atoms with Crippen molar-refractivity contribution in [1.82, 2.24) is 0 Å². The van der Waals surface area contributed by atoms with Crippen molar-refractivity contribution in [3.05, 3.63) is 28.8 Å². The first-order valence-corrected chi connectivity index (χ1v) is 6.08. The summed E-state index contributed by atoms with van der Waals surface area (Å²) in [5, 5.41) is 0.508. The fraction of sp³-hybridized carbons (Fsp3) is 0.417. The van der Waals surface area contributed by atoms with Crippen LogP contribution in [-0.2, 0) is 4.74 Å². The Morgan fingerprint density at radius 3 is 2.82 bits per heavy atom. The first-order valence-electron chi connectivity index (χ1n) is 5.30. The number of nitrogens with two attached hydrogens (primary N) is 1. The molecule has 0 saturated carbocycles. The molecule has 0 fully saturated rings.